The van der Waals surface area contributed by atoms with Gasteiger partial charge in [0.05, 0.1) is 10.2 Å². The van der Waals surface area contributed by atoms with Crippen LogP contribution in [0.15, 0.2) is 24.3 Å². The second kappa shape index (κ2) is 8.47. The zero-order valence-corrected chi connectivity index (χ0v) is 18.4. The molecule has 0 spiro atoms. The molecule has 1 unspecified atom stereocenters. The summed E-state index contributed by atoms with van der Waals surface area (Å²) >= 11 is 1.76. The van der Waals surface area contributed by atoms with E-state index >= 15 is 0 Å². The summed E-state index contributed by atoms with van der Waals surface area (Å²) in [4.78, 5) is 20.0. The van der Waals surface area contributed by atoms with Crippen LogP contribution in [0.25, 0.3) is 10.2 Å². The van der Waals surface area contributed by atoms with Crippen molar-refractivity contribution in [2.45, 2.75) is 64.6 Å². The molecule has 0 bridgehead atoms. The van der Waals surface area contributed by atoms with Gasteiger partial charge < -0.3 is 10.2 Å². The minimum Gasteiger partial charge on any atom is -0.337 e. The molecule has 158 valence electrons. The number of likely N-dealkylation sites (tertiary alicyclic amines) is 1. The van der Waals surface area contributed by atoms with Crippen LogP contribution in [0, 0.1) is 0 Å². The van der Waals surface area contributed by atoms with Gasteiger partial charge in [-0.15, -0.1) is 11.3 Å². The Kier molecular flexibility index (Phi) is 5.56. The van der Waals surface area contributed by atoms with E-state index in [4.69, 9.17) is 10.1 Å². The molecule has 30 heavy (non-hydrogen) atoms. The zero-order valence-electron chi connectivity index (χ0n) is 17.6. The number of rotatable bonds is 5. The Morgan fingerprint density at radius 3 is 2.87 bits per heavy atom. The number of aryl methyl sites for hydroxylation is 1. The third kappa shape index (κ3) is 3.76. The number of nitrogens with one attached hydrogen (secondary N) is 1. The van der Waals surface area contributed by atoms with Crippen molar-refractivity contribution in [1.29, 1.82) is 0 Å². The van der Waals surface area contributed by atoms with Gasteiger partial charge in [-0.3, -0.25) is 9.48 Å². The first-order valence-corrected chi connectivity index (χ1v) is 12.0. The summed E-state index contributed by atoms with van der Waals surface area (Å²) in [5.41, 5.74) is 4.19. The highest BCUT2D eigenvalue weighted by atomic mass is 32.1. The minimum absolute atomic E-state index is 0.130. The van der Waals surface area contributed by atoms with Crippen LogP contribution in [0.4, 0.5) is 0 Å². The SMILES string of the molecule is CCn1nc(C(=O)N2CCCCC2)c2c1CCC(NCc1nc3ccccc3s1)C2. The molecule has 2 aromatic heterocycles. The number of piperidine rings is 1. The number of benzene rings is 1. The van der Waals surface area contributed by atoms with Crippen LogP contribution in [0.2, 0.25) is 0 Å². The lowest BCUT2D eigenvalue weighted by molar-refractivity contribution is 0.0716. The lowest BCUT2D eigenvalue weighted by atomic mass is 9.91. The van der Waals surface area contributed by atoms with Crippen molar-refractivity contribution < 1.29 is 4.79 Å². The maximum Gasteiger partial charge on any atom is 0.274 e. The van der Waals surface area contributed by atoms with Crippen LogP contribution in [-0.4, -0.2) is 44.7 Å². The molecular weight excluding hydrogens is 394 g/mol. The number of carbonyl (C=O) groups excluding carboxylic acids is 1. The third-order valence-corrected chi connectivity index (χ3v) is 7.41. The Morgan fingerprint density at radius 1 is 1.23 bits per heavy atom. The Morgan fingerprint density at radius 2 is 2.07 bits per heavy atom. The molecule has 0 radical (unpaired) electrons. The van der Waals surface area contributed by atoms with Gasteiger partial charge in [-0.2, -0.15) is 5.10 Å². The molecule has 3 aromatic rings. The van der Waals surface area contributed by atoms with Crippen molar-refractivity contribution in [2.75, 3.05) is 13.1 Å². The summed E-state index contributed by atoms with van der Waals surface area (Å²) in [7, 11) is 0. The van der Waals surface area contributed by atoms with E-state index in [1.165, 1.54) is 22.4 Å². The predicted octanol–water partition coefficient (Wildman–Crippen LogP) is 3.79. The van der Waals surface area contributed by atoms with Crippen molar-refractivity contribution in [3.05, 3.63) is 46.2 Å². The first kappa shape index (κ1) is 19.7. The number of aromatic nitrogens is 3. The fourth-order valence-corrected chi connectivity index (χ4v) is 5.69. The molecule has 6 nitrogen and oxygen atoms in total. The molecule has 1 aliphatic carbocycles. The van der Waals surface area contributed by atoms with Gasteiger partial charge in [-0.1, -0.05) is 12.1 Å². The number of hydrogen-bond acceptors (Lipinski definition) is 5. The number of nitrogens with zero attached hydrogens (tertiary/aromatic N) is 4. The first-order valence-electron chi connectivity index (χ1n) is 11.2. The van der Waals surface area contributed by atoms with E-state index in [-0.39, 0.29) is 5.91 Å². The molecule has 3 heterocycles. The number of carbonyl (C=O) groups is 1. The summed E-state index contributed by atoms with van der Waals surface area (Å²) in [6.45, 7) is 5.44. The molecule has 1 saturated heterocycles. The van der Waals surface area contributed by atoms with Gasteiger partial charge in [0.15, 0.2) is 5.69 Å². The largest absolute Gasteiger partial charge is 0.337 e. The number of fused-ring (bicyclic) bond motifs is 2. The van der Waals surface area contributed by atoms with E-state index in [1.54, 1.807) is 11.3 Å². The monoisotopic (exact) mass is 423 g/mol. The summed E-state index contributed by atoms with van der Waals surface area (Å²) in [6, 6.07) is 8.65. The van der Waals surface area contributed by atoms with Crippen molar-refractivity contribution in [1.82, 2.24) is 25.0 Å². The van der Waals surface area contributed by atoms with Crippen LogP contribution in [0.5, 0.6) is 0 Å². The summed E-state index contributed by atoms with van der Waals surface area (Å²) in [6.07, 6.45) is 6.35. The van der Waals surface area contributed by atoms with Gasteiger partial charge >= 0.3 is 0 Å². The molecule has 1 fully saturated rings. The van der Waals surface area contributed by atoms with E-state index in [2.05, 4.69) is 35.1 Å². The fourth-order valence-electron chi connectivity index (χ4n) is 4.77. The highest BCUT2D eigenvalue weighted by molar-refractivity contribution is 7.18. The molecular formula is C23H29N5OS. The highest BCUT2D eigenvalue weighted by Crippen LogP contribution is 2.27. The second-order valence-electron chi connectivity index (χ2n) is 8.34. The molecule has 1 aromatic carbocycles. The lowest BCUT2D eigenvalue weighted by Gasteiger charge is -2.27. The van der Waals surface area contributed by atoms with Gasteiger partial charge in [0, 0.05) is 43.5 Å². The zero-order chi connectivity index (χ0) is 20.5. The fraction of sp³-hybridized carbons (Fsp3) is 0.522. The molecule has 2 aliphatic rings. The number of hydrogen-bond donors (Lipinski definition) is 1. The average Bonchev–Trinajstić information content (AvgIpc) is 3.38. The van der Waals surface area contributed by atoms with Crippen LogP contribution in [0.3, 0.4) is 0 Å². The maximum atomic E-state index is 13.2. The molecule has 1 N–H and O–H groups in total. The van der Waals surface area contributed by atoms with Gasteiger partial charge in [-0.25, -0.2) is 4.98 Å². The lowest BCUT2D eigenvalue weighted by Crippen LogP contribution is -2.38. The molecule has 5 rings (SSSR count). The predicted molar refractivity (Wildman–Crippen MR) is 120 cm³/mol. The van der Waals surface area contributed by atoms with Crippen LogP contribution in [0.1, 0.15) is 59.4 Å². The summed E-state index contributed by atoms with van der Waals surface area (Å²) < 4.78 is 3.29. The van der Waals surface area contributed by atoms with Crippen molar-refractivity contribution >= 4 is 27.5 Å². The maximum absolute atomic E-state index is 13.2. The smallest absolute Gasteiger partial charge is 0.274 e. The molecule has 1 atom stereocenters. The Labute approximate surface area is 181 Å². The van der Waals surface area contributed by atoms with E-state index in [1.807, 2.05) is 11.0 Å². The van der Waals surface area contributed by atoms with Crippen LogP contribution in [-0.2, 0) is 25.9 Å². The summed E-state index contributed by atoms with van der Waals surface area (Å²) in [5, 5.41) is 9.57. The van der Waals surface area contributed by atoms with Gasteiger partial charge in [0.2, 0.25) is 0 Å². The topological polar surface area (TPSA) is 63.1 Å². The number of thiazole rings is 1. The third-order valence-electron chi connectivity index (χ3n) is 6.37. The number of para-hydroxylation sites is 1. The molecule has 1 aliphatic heterocycles. The summed E-state index contributed by atoms with van der Waals surface area (Å²) in [5.74, 6) is 0.130. The normalized spacial score (nSPS) is 19.2. The molecule has 7 heteroatoms. The van der Waals surface area contributed by atoms with Crippen LogP contribution < -0.4 is 5.32 Å². The van der Waals surface area contributed by atoms with E-state index in [0.717, 1.165) is 68.8 Å². The second-order valence-corrected chi connectivity index (χ2v) is 9.45. The van der Waals surface area contributed by atoms with E-state index < -0.39 is 0 Å². The molecule has 1 amide bonds. The quantitative estimate of drug-likeness (QED) is 0.678. The van der Waals surface area contributed by atoms with E-state index in [0.29, 0.717) is 11.7 Å². The Hall–Kier alpha value is -2.25. The standard InChI is InChI=1S/C23H29N5OS/c1-2-28-19-11-10-16(24-15-21-25-18-8-4-5-9-20(18)30-21)14-17(19)22(26-28)23(29)27-12-6-3-7-13-27/h4-5,8-9,16,24H,2-3,6-7,10-15H2,1H3. The van der Waals surface area contributed by atoms with Gasteiger partial charge in [-0.05, 0) is 57.6 Å². The van der Waals surface area contributed by atoms with Gasteiger partial charge in [0.25, 0.3) is 5.91 Å². The van der Waals surface area contributed by atoms with Crippen molar-refractivity contribution in [3.8, 4) is 0 Å². The first-order chi connectivity index (χ1) is 14.7. The molecule has 0 saturated carbocycles. The van der Waals surface area contributed by atoms with Crippen molar-refractivity contribution in [2.24, 2.45) is 0 Å². The average molecular weight is 424 g/mol. The van der Waals surface area contributed by atoms with E-state index in [9.17, 15) is 4.79 Å². The minimum atomic E-state index is 0.130. The Bertz CT molecular complexity index is 1020. The Balaban J connectivity index is 1.32. The van der Waals surface area contributed by atoms with Crippen LogP contribution >= 0.6 is 11.3 Å². The van der Waals surface area contributed by atoms with Gasteiger partial charge in [0.1, 0.15) is 5.01 Å². The highest BCUT2D eigenvalue weighted by Gasteiger charge is 2.31. The number of amides is 1. The van der Waals surface area contributed by atoms with Crippen molar-refractivity contribution in [3.63, 3.8) is 0 Å².